The minimum absolute atomic E-state index is 0.0612. The zero-order chi connectivity index (χ0) is 18.2. The van der Waals surface area contributed by atoms with Crippen LogP contribution in [0.15, 0.2) is 60.9 Å². The number of aromatic nitrogens is 3. The summed E-state index contributed by atoms with van der Waals surface area (Å²) in [7, 11) is 0. The van der Waals surface area contributed by atoms with Crippen LogP contribution in [0.2, 0.25) is 0 Å². The Bertz CT molecular complexity index is 1150. The van der Waals surface area contributed by atoms with E-state index in [1.54, 1.807) is 12.4 Å². The fourth-order valence-corrected chi connectivity index (χ4v) is 3.86. The van der Waals surface area contributed by atoms with Gasteiger partial charge in [-0.1, -0.05) is 30.3 Å². The summed E-state index contributed by atoms with van der Waals surface area (Å²) < 4.78 is 0. The van der Waals surface area contributed by atoms with Crippen LogP contribution in [-0.2, 0) is 19.4 Å². The largest absolute Gasteiger partial charge is 0.348 e. The highest BCUT2D eigenvalue weighted by atomic mass is 16.1. The van der Waals surface area contributed by atoms with Crippen LogP contribution in [0.4, 0.5) is 0 Å². The number of benzene rings is 2. The van der Waals surface area contributed by atoms with Crippen molar-refractivity contribution in [1.82, 2.24) is 20.5 Å². The first-order valence-corrected chi connectivity index (χ1v) is 9.06. The number of nitrogens with zero attached hydrogens (tertiary/aromatic N) is 2. The number of fused-ring (bicyclic) bond motifs is 2. The van der Waals surface area contributed by atoms with Crippen LogP contribution in [0.5, 0.6) is 0 Å². The minimum Gasteiger partial charge on any atom is -0.348 e. The van der Waals surface area contributed by atoms with Crippen molar-refractivity contribution in [2.75, 3.05) is 0 Å². The summed E-state index contributed by atoms with van der Waals surface area (Å²) in [5.41, 5.74) is 7.10. The van der Waals surface area contributed by atoms with E-state index in [1.807, 2.05) is 30.3 Å². The van der Waals surface area contributed by atoms with Gasteiger partial charge >= 0.3 is 0 Å². The Morgan fingerprint density at radius 2 is 2.00 bits per heavy atom. The summed E-state index contributed by atoms with van der Waals surface area (Å²) >= 11 is 0. The SMILES string of the molecule is O=C(NCc1cccnc1)c1ccc2[nH]nc3c2c1CCc1ccccc1-3. The molecular formula is C22H18N4O. The highest BCUT2D eigenvalue weighted by molar-refractivity contribution is 6.05. The van der Waals surface area contributed by atoms with Gasteiger partial charge in [0, 0.05) is 35.5 Å². The predicted molar refractivity (Wildman–Crippen MR) is 104 cm³/mol. The Kier molecular flexibility index (Phi) is 3.71. The molecule has 0 fully saturated rings. The van der Waals surface area contributed by atoms with E-state index in [1.165, 1.54) is 5.56 Å². The average molecular weight is 354 g/mol. The number of hydrogen-bond donors (Lipinski definition) is 2. The van der Waals surface area contributed by atoms with Gasteiger partial charge < -0.3 is 5.32 Å². The lowest BCUT2D eigenvalue weighted by Gasteiger charge is -2.11. The van der Waals surface area contributed by atoms with Gasteiger partial charge in [0.1, 0.15) is 5.69 Å². The third-order valence-electron chi connectivity index (χ3n) is 5.18. The number of aromatic amines is 1. The van der Waals surface area contributed by atoms with Gasteiger partial charge in [-0.3, -0.25) is 14.9 Å². The molecule has 2 aromatic carbocycles. The fourth-order valence-electron chi connectivity index (χ4n) is 3.86. The summed E-state index contributed by atoms with van der Waals surface area (Å²) in [6.45, 7) is 0.461. The number of rotatable bonds is 3. The van der Waals surface area contributed by atoms with Crippen molar-refractivity contribution >= 4 is 16.8 Å². The molecule has 1 aliphatic rings. The number of carbonyl (C=O) groups excluding carboxylic acids is 1. The van der Waals surface area contributed by atoms with Gasteiger partial charge in [0.25, 0.3) is 5.91 Å². The van der Waals surface area contributed by atoms with Gasteiger partial charge in [0.05, 0.1) is 5.52 Å². The third kappa shape index (κ3) is 2.68. The van der Waals surface area contributed by atoms with Crippen molar-refractivity contribution in [3.63, 3.8) is 0 Å². The van der Waals surface area contributed by atoms with Gasteiger partial charge in [-0.15, -0.1) is 0 Å². The first-order chi connectivity index (χ1) is 13.3. The zero-order valence-corrected chi connectivity index (χ0v) is 14.7. The molecule has 0 saturated heterocycles. The molecule has 0 bridgehead atoms. The maximum atomic E-state index is 12.9. The number of aryl methyl sites for hydroxylation is 2. The van der Waals surface area contributed by atoms with Crippen molar-refractivity contribution < 1.29 is 4.79 Å². The van der Waals surface area contributed by atoms with Gasteiger partial charge in [0.2, 0.25) is 0 Å². The van der Waals surface area contributed by atoms with Crippen LogP contribution in [0.1, 0.15) is 27.0 Å². The van der Waals surface area contributed by atoms with E-state index in [0.717, 1.165) is 51.7 Å². The Balaban J connectivity index is 1.55. The van der Waals surface area contributed by atoms with E-state index in [0.29, 0.717) is 6.54 Å². The summed E-state index contributed by atoms with van der Waals surface area (Å²) in [6, 6.07) is 16.0. The second-order valence-electron chi connectivity index (χ2n) is 6.79. The fraction of sp³-hybridized carbons (Fsp3) is 0.136. The highest BCUT2D eigenvalue weighted by Gasteiger charge is 2.23. The molecule has 0 aliphatic heterocycles. The van der Waals surface area contributed by atoms with Crippen LogP contribution in [0.3, 0.4) is 0 Å². The summed E-state index contributed by atoms with van der Waals surface area (Å²) in [6.07, 6.45) is 5.21. The standard InChI is InChI=1S/C22H18N4O/c27-22(24-13-14-4-3-11-23-12-14)18-9-10-19-20-17(18)8-7-15-5-1-2-6-16(15)21(20)26-25-19/h1-6,9-12H,7-8,13H2,(H,24,27)(H,25,26). The maximum absolute atomic E-state index is 12.9. The van der Waals surface area contributed by atoms with Crippen molar-refractivity contribution in [3.8, 4) is 11.3 Å². The van der Waals surface area contributed by atoms with Crippen LogP contribution < -0.4 is 5.32 Å². The monoisotopic (exact) mass is 354 g/mol. The molecule has 5 nitrogen and oxygen atoms in total. The molecule has 132 valence electrons. The van der Waals surface area contributed by atoms with Gasteiger partial charge in [-0.2, -0.15) is 5.10 Å². The minimum atomic E-state index is -0.0612. The molecule has 5 heteroatoms. The van der Waals surface area contributed by atoms with E-state index < -0.39 is 0 Å². The molecule has 2 heterocycles. The van der Waals surface area contributed by atoms with Crippen LogP contribution in [-0.4, -0.2) is 21.1 Å². The Labute approximate surface area is 156 Å². The van der Waals surface area contributed by atoms with Crippen LogP contribution in [0, 0.1) is 0 Å². The molecule has 2 aromatic heterocycles. The average Bonchev–Trinajstić information content (AvgIpc) is 3.07. The number of amides is 1. The summed E-state index contributed by atoms with van der Waals surface area (Å²) in [5.74, 6) is -0.0612. The Morgan fingerprint density at radius 1 is 1.07 bits per heavy atom. The smallest absolute Gasteiger partial charge is 0.251 e. The number of carbonyl (C=O) groups is 1. The lowest BCUT2D eigenvalue weighted by molar-refractivity contribution is 0.0950. The summed E-state index contributed by atoms with van der Waals surface area (Å²) in [5, 5.41) is 11.8. The number of hydrogen-bond acceptors (Lipinski definition) is 3. The molecule has 1 aliphatic carbocycles. The van der Waals surface area contributed by atoms with Crippen molar-refractivity contribution in [3.05, 3.63) is 83.2 Å². The molecule has 0 radical (unpaired) electrons. The van der Waals surface area contributed by atoms with Gasteiger partial charge in [-0.05, 0) is 47.7 Å². The van der Waals surface area contributed by atoms with E-state index in [4.69, 9.17) is 0 Å². The van der Waals surface area contributed by atoms with Gasteiger partial charge in [-0.25, -0.2) is 0 Å². The zero-order valence-electron chi connectivity index (χ0n) is 14.7. The quantitative estimate of drug-likeness (QED) is 0.590. The molecule has 0 unspecified atom stereocenters. The third-order valence-corrected chi connectivity index (χ3v) is 5.18. The molecule has 1 amide bonds. The molecule has 0 spiro atoms. The molecule has 27 heavy (non-hydrogen) atoms. The van der Waals surface area contributed by atoms with Gasteiger partial charge in [0.15, 0.2) is 0 Å². The molecule has 2 N–H and O–H groups in total. The number of nitrogens with one attached hydrogen (secondary N) is 2. The van der Waals surface area contributed by atoms with Crippen molar-refractivity contribution in [2.24, 2.45) is 0 Å². The van der Waals surface area contributed by atoms with Crippen molar-refractivity contribution in [2.45, 2.75) is 19.4 Å². The molecule has 0 saturated carbocycles. The number of pyridine rings is 1. The molecule has 4 aromatic rings. The normalized spacial score (nSPS) is 12.4. The van der Waals surface area contributed by atoms with E-state index in [2.05, 4.69) is 38.7 Å². The second kappa shape index (κ2) is 6.36. The molecular weight excluding hydrogens is 336 g/mol. The first-order valence-electron chi connectivity index (χ1n) is 9.06. The van der Waals surface area contributed by atoms with Crippen molar-refractivity contribution in [1.29, 1.82) is 0 Å². The maximum Gasteiger partial charge on any atom is 0.251 e. The Morgan fingerprint density at radius 3 is 2.89 bits per heavy atom. The lowest BCUT2D eigenvalue weighted by atomic mass is 9.98. The van der Waals surface area contributed by atoms with E-state index in [-0.39, 0.29) is 5.91 Å². The lowest BCUT2D eigenvalue weighted by Crippen LogP contribution is -2.24. The van der Waals surface area contributed by atoms with Crippen LogP contribution >= 0.6 is 0 Å². The Hall–Kier alpha value is -3.47. The second-order valence-corrected chi connectivity index (χ2v) is 6.79. The predicted octanol–water partition coefficient (Wildman–Crippen LogP) is 3.65. The topological polar surface area (TPSA) is 70.7 Å². The van der Waals surface area contributed by atoms with Crippen LogP contribution in [0.25, 0.3) is 22.2 Å². The first kappa shape index (κ1) is 15.8. The van der Waals surface area contributed by atoms with E-state index >= 15 is 0 Å². The molecule has 5 rings (SSSR count). The molecule has 0 atom stereocenters. The highest BCUT2D eigenvalue weighted by Crippen LogP contribution is 2.36. The number of H-pyrrole nitrogens is 1. The van der Waals surface area contributed by atoms with E-state index in [9.17, 15) is 4.79 Å². The summed E-state index contributed by atoms with van der Waals surface area (Å²) in [4.78, 5) is 17.0.